The number of hydrogen-bond acceptors (Lipinski definition) is 3. The minimum atomic E-state index is -0.0631. The second-order valence-corrected chi connectivity index (χ2v) is 5.12. The second kappa shape index (κ2) is 5.49. The van der Waals surface area contributed by atoms with Crippen LogP contribution in [0.25, 0.3) is 16.5 Å². The molecule has 0 saturated carbocycles. The van der Waals surface area contributed by atoms with Gasteiger partial charge in [0.2, 0.25) is 0 Å². The van der Waals surface area contributed by atoms with Gasteiger partial charge in [0.1, 0.15) is 0 Å². The molecule has 104 valence electrons. The fraction of sp³-hybridized carbons (Fsp3) is 0.375. The van der Waals surface area contributed by atoms with Crippen LogP contribution >= 0.6 is 0 Å². The Kier molecular flexibility index (Phi) is 3.54. The molecule has 0 saturated heterocycles. The van der Waals surface area contributed by atoms with Gasteiger partial charge >= 0.3 is 5.97 Å². The molecule has 1 aromatic carbocycles. The lowest BCUT2D eigenvalue weighted by Gasteiger charge is -2.20. The van der Waals surface area contributed by atoms with E-state index in [1.807, 2.05) is 13.1 Å². The van der Waals surface area contributed by atoms with Crippen LogP contribution in [0.15, 0.2) is 30.5 Å². The van der Waals surface area contributed by atoms with E-state index in [0.29, 0.717) is 6.61 Å². The molecule has 2 aromatic rings. The molecule has 1 heterocycles. The summed E-state index contributed by atoms with van der Waals surface area (Å²) in [5.41, 5.74) is 3.57. The van der Waals surface area contributed by atoms with Gasteiger partial charge in [0.05, 0.1) is 24.2 Å². The highest BCUT2D eigenvalue weighted by Gasteiger charge is 2.23. The fourth-order valence-electron chi connectivity index (χ4n) is 2.71. The number of H-pyrrole nitrogens is 1. The van der Waals surface area contributed by atoms with E-state index in [1.54, 1.807) is 0 Å². The van der Waals surface area contributed by atoms with E-state index in [1.165, 1.54) is 11.1 Å². The van der Waals surface area contributed by atoms with Crippen molar-refractivity contribution in [1.82, 2.24) is 10.2 Å². The highest BCUT2D eigenvalue weighted by atomic mass is 16.5. The number of aromatic nitrogens is 2. The van der Waals surface area contributed by atoms with Gasteiger partial charge in [-0.3, -0.25) is 9.89 Å². The third kappa shape index (κ3) is 2.46. The van der Waals surface area contributed by atoms with Crippen LogP contribution in [0.5, 0.6) is 0 Å². The number of fused-ring (bicyclic) bond motifs is 1. The first-order chi connectivity index (χ1) is 9.78. The van der Waals surface area contributed by atoms with E-state index in [0.717, 1.165) is 30.2 Å². The van der Waals surface area contributed by atoms with Crippen molar-refractivity contribution in [2.45, 2.75) is 26.2 Å². The van der Waals surface area contributed by atoms with Gasteiger partial charge < -0.3 is 4.74 Å². The summed E-state index contributed by atoms with van der Waals surface area (Å²) in [6.45, 7) is 2.31. The maximum atomic E-state index is 11.7. The molecule has 0 fully saturated rings. The summed E-state index contributed by atoms with van der Waals surface area (Å²) < 4.78 is 5.09. The van der Waals surface area contributed by atoms with E-state index in [4.69, 9.17) is 4.74 Å². The average molecular weight is 270 g/mol. The summed E-state index contributed by atoms with van der Waals surface area (Å²) in [6.07, 6.45) is 6.55. The lowest BCUT2D eigenvalue weighted by atomic mass is 9.86. The molecule has 0 amide bonds. The maximum absolute atomic E-state index is 11.7. The molecule has 0 radical (unpaired) electrons. The van der Waals surface area contributed by atoms with Crippen molar-refractivity contribution >= 4 is 22.4 Å². The molecule has 4 nitrogen and oxygen atoms in total. The zero-order valence-corrected chi connectivity index (χ0v) is 11.6. The van der Waals surface area contributed by atoms with Crippen molar-refractivity contribution in [1.29, 1.82) is 0 Å². The lowest BCUT2D eigenvalue weighted by molar-refractivity contribution is -0.148. The van der Waals surface area contributed by atoms with Crippen LogP contribution in [0.4, 0.5) is 0 Å². The first kappa shape index (κ1) is 12.9. The largest absolute Gasteiger partial charge is 0.466 e. The number of nitrogens with one attached hydrogen (secondary N) is 1. The molecule has 1 unspecified atom stereocenters. The standard InChI is InChI=1S/C16H18N2O2/c1-2-20-16(19)12-5-3-11(4-6-12)13-7-8-14-10-17-18-15(14)9-13/h3,7-10,12H,2,4-6H2,1H3,(H,17,18). The minimum Gasteiger partial charge on any atom is -0.466 e. The first-order valence-electron chi connectivity index (χ1n) is 7.07. The smallest absolute Gasteiger partial charge is 0.309 e. The van der Waals surface area contributed by atoms with Crippen LogP contribution in [-0.2, 0) is 9.53 Å². The van der Waals surface area contributed by atoms with Gasteiger partial charge in [-0.25, -0.2) is 0 Å². The van der Waals surface area contributed by atoms with Gasteiger partial charge in [-0.15, -0.1) is 0 Å². The van der Waals surface area contributed by atoms with E-state index in [-0.39, 0.29) is 11.9 Å². The zero-order chi connectivity index (χ0) is 13.9. The molecule has 3 rings (SSSR count). The molecular formula is C16H18N2O2. The molecule has 4 heteroatoms. The topological polar surface area (TPSA) is 55.0 Å². The summed E-state index contributed by atoms with van der Waals surface area (Å²) in [5, 5.41) is 8.15. The second-order valence-electron chi connectivity index (χ2n) is 5.12. The van der Waals surface area contributed by atoms with Crippen molar-refractivity contribution < 1.29 is 9.53 Å². The Hall–Kier alpha value is -2.10. The van der Waals surface area contributed by atoms with Crippen LogP contribution in [-0.4, -0.2) is 22.8 Å². The summed E-state index contributed by atoms with van der Waals surface area (Å²) in [7, 11) is 0. The Morgan fingerprint density at radius 3 is 3.15 bits per heavy atom. The van der Waals surface area contributed by atoms with E-state index >= 15 is 0 Å². The fourth-order valence-corrected chi connectivity index (χ4v) is 2.71. The van der Waals surface area contributed by atoms with E-state index in [2.05, 4.69) is 34.5 Å². The Morgan fingerprint density at radius 2 is 2.40 bits per heavy atom. The Morgan fingerprint density at radius 1 is 1.50 bits per heavy atom. The summed E-state index contributed by atoms with van der Waals surface area (Å²) in [5.74, 6) is -0.0404. The van der Waals surface area contributed by atoms with Crippen molar-refractivity contribution in [2.75, 3.05) is 6.61 Å². The molecule has 1 N–H and O–H groups in total. The van der Waals surface area contributed by atoms with Crippen LogP contribution in [0, 0.1) is 5.92 Å². The zero-order valence-electron chi connectivity index (χ0n) is 11.6. The number of rotatable bonds is 3. The van der Waals surface area contributed by atoms with Crippen LogP contribution in [0.2, 0.25) is 0 Å². The Balaban J connectivity index is 1.77. The van der Waals surface area contributed by atoms with Crippen LogP contribution in [0.1, 0.15) is 31.7 Å². The summed E-state index contributed by atoms with van der Waals surface area (Å²) >= 11 is 0. The number of benzene rings is 1. The van der Waals surface area contributed by atoms with E-state index in [9.17, 15) is 4.79 Å². The van der Waals surface area contributed by atoms with E-state index < -0.39 is 0 Å². The number of carbonyl (C=O) groups is 1. The number of carbonyl (C=O) groups excluding carboxylic acids is 1. The number of aromatic amines is 1. The predicted molar refractivity (Wildman–Crippen MR) is 78.0 cm³/mol. The highest BCUT2D eigenvalue weighted by Crippen LogP contribution is 2.31. The van der Waals surface area contributed by atoms with Gasteiger partial charge in [0, 0.05) is 5.39 Å². The molecule has 0 spiro atoms. The Labute approximate surface area is 117 Å². The molecule has 20 heavy (non-hydrogen) atoms. The third-order valence-corrected chi connectivity index (χ3v) is 3.84. The average Bonchev–Trinajstić information content (AvgIpc) is 2.95. The van der Waals surface area contributed by atoms with Gasteiger partial charge in [-0.2, -0.15) is 5.10 Å². The molecule has 0 bridgehead atoms. The molecule has 1 aromatic heterocycles. The molecular weight excluding hydrogens is 252 g/mol. The highest BCUT2D eigenvalue weighted by molar-refractivity contribution is 5.83. The summed E-state index contributed by atoms with van der Waals surface area (Å²) in [4.78, 5) is 11.7. The van der Waals surface area contributed by atoms with Crippen molar-refractivity contribution in [3.05, 3.63) is 36.0 Å². The lowest BCUT2D eigenvalue weighted by Crippen LogP contribution is -2.19. The van der Waals surface area contributed by atoms with Gasteiger partial charge in [-0.05, 0) is 43.4 Å². The van der Waals surface area contributed by atoms with Gasteiger partial charge in [-0.1, -0.05) is 18.2 Å². The monoisotopic (exact) mass is 270 g/mol. The Bertz CT molecular complexity index is 657. The predicted octanol–water partition coefficient (Wildman–Crippen LogP) is 3.31. The number of nitrogens with zero attached hydrogens (tertiary/aromatic N) is 1. The minimum absolute atomic E-state index is 0.0228. The molecule has 1 aliphatic rings. The van der Waals surface area contributed by atoms with Crippen LogP contribution < -0.4 is 0 Å². The molecule has 0 aliphatic heterocycles. The SMILES string of the molecule is CCOC(=O)C1CC=C(c2ccc3cn[nH]c3c2)CC1. The number of esters is 1. The third-order valence-electron chi connectivity index (χ3n) is 3.84. The molecule has 1 atom stereocenters. The molecule has 1 aliphatic carbocycles. The van der Waals surface area contributed by atoms with Crippen molar-refractivity contribution in [2.24, 2.45) is 5.92 Å². The maximum Gasteiger partial charge on any atom is 0.309 e. The normalized spacial score (nSPS) is 18.9. The van der Waals surface area contributed by atoms with Gasteiger partial charge in [0.25, 0.3) is 0 Å². The number of allylic oxidation sites excluding steroid dienone is 2. The number of ether oxygens (including phenoxy) is 1. The quantitative estimate of drug-likeness (QED) is 0.870. The van der Waals surface area contributed by atoms with Crippen LogP contribution in [0.3, 0.4) is 0 Å². The number of hydrogen-bond donors (Lipinski definition) is 1. The van der Waals surface area contributed by atoms with Crippen molar-refractivity contribution in [3.63, 3.8) is 0 Å². The first-order valence-corrected chi connectivity index (χ1v) is 7.07. The summed E-state index contributed by atoms with van der Waals surface area (Å²) in [6, 6.07) is 6.32. The van der Waals surface area contributed by atoms with Crippen molar-refractivity contribution in [3.8, 4) is 0 Å². The van der Waals surface area contributed by atoms with Gasteiger partial charge in [0.15, 0.2) is 0 Å².